The molecule has 150 valence electrons. The number of hydrogen-bond acceptors (Lipinski definition) is 3. The lowest BCUT2D eigenvalue weighted by atomic mass is 9.75. The van der Waals surface area contributed by atoms with Crippen molar-refractivity contribution in [3.63, 3.8) is 0 Å². The van der Waals surface area contributed by atoms with Crippen LogP contribution in [0.1, 0.15) is 88.6 Å². The van der Waals surface area contributed by atoms with Gasteiger partial charge < -0.3 is 14.9 Å². The molecule has 27 heavy (non-hydrogen) atoms. The molecule has 1 aromatic rings. The van der Waals surface area contributed by atoms with Gasteiger partial charge in [0.05, 0.1) is 0 Å². The molecule has 1 aromatic carbocycles. The standard InChI is InChI=1S/C23H34O4/c1-5-6-7-8-9-17-12-19(24)13-20(21(17)22(25)26)27-15-18-10-11-23(3,4)14-16(18)2/h12-13,24H,5-11,14-15H2,1-4H3,(H,25,26). The third-order valence-corrected chi connectivity index (χ3v) is 5.53. The lowest BCUT2D eigenvalue weighted by Gasteiger charge is -2.32. The van der Waals surface area contributed by atoms with Crippen LogP contribution < -0.4 is 4.74 Å². The summed E-state index contributed by atoms with van der Waals surface area (Å²) in [5, 5.41) is 19.8. The first-order valence-electron chi connectivity index (χ1n) is 10.1. The molecule has 0 amide bonds. The highest BCUT2D eigenvalue weighted by Crippen LogP contribution is 2.39. The Kier molecular flexibility index (Phi) is 7.34. The molecule has 0 aromatic heterocycles. The van der Waals surface area contributed by atoms with E-state index in [1.54, 1.807) is 6.07 Å². The molecule has 2 rings (SSSR count). The number of hydrogen-bond donors (Lipinski definition) is 2. The number of phenolic OH excluding ortho intramolecular Hbond substituents is 1. The van der Waals surface area contributed by atoms with Crippen molar-refractivity contribution in [3.8, 4) is 11.5 Å². The molecule has 0 fully saturated rings. The van der Waals surface area contributed by atoms with Crippen LogP contribution >= 0.6 is 0 Å². The molecule has 0 atom stereocenters. The third kappa shape index (κ3) is 6.02. The molecule has 0 unspecified atom stereocenters. The summed E-state index contributed by atoms with van der Waals surface area (Å²) in [4.78, 5) is 11.9. The summed E-state index contributed by atoms with van der Waals surface area (Å²) in [5.74, 6) is -0.653. The van der Waals surface area contributed by atoms with Gasteiger partial charge in [0.2, 0.25) is 0 Å². The van der Waals surface area contributed by atoms with Gasteiger partial charge >= 0.3 is 5.97 Å². The van der Waals surface area contributed by atoms with Crippen LogP contribution in [-0.2, 0) is 6.42 Å². The van der Waals surface area contributed by atoms with Crippen molar-refractivity contribution in [1.29, 1.82) is 0 Å². The SMILES string of the molecule is CCCCCCc1cc(O)cc(OCC2=C(C)CC(C)(C)CC2)c1C(=O)O. The van der Waals surface area contributed by atoms with E-state index in [0.29, 0.717) is 24.0 Å². The average Bonchev–Trinajstić information content (AvgIpc) is 2.56. The number of rotatable bonds is 9. The Morgan fingerprint density at radius 2 is 1.96 bits per heavy atom. The first kappa shape index (κ1) is 21.3. The molecular formula is C23H34O4. The van der Waals surface area contributed by atoms with Gasteiger partial charge in [0, 0.05) is 6.07 Å². The summed E-state index contributed by atoms with van der Waals surface area (Å²) in [6.45, 7) is 9.22. The van der Waals surface area contributed by atoms with Crippen LogP contribution in [0.3, 0.4) is 0 Å². The van der Waals surface area contributed by atoms with Crippen LogP contribution in [0.2, 0.25) is 0 Å². The molecule has 2 N–H and O–H groups in total. The zero-order valence-corrected chi connectivity index (χ0v) is 17.2. The maximum absolute atomic E-state index is 11.9. The first-order chi connectivity index (χ1) is 12.7. The van der Waals surface area contributed by atoms with Crippen LogP contribution in [0.15, 0.2) is 23.3 Å². The highest BCUT2D eigenvalue weighted by Gasteiger charge is 2.26. The van der Waals surface area contributed by atoms with Crippen LogP contribution in [0, 0.1) is 5.41 Å². The van der Waals surface area contributed by atoms with Crippen LogP contribution in [-0.4, -0.2) is 22.8 Å². The Balaban J connectivity index is 2.18. The lowest BCUT2D eigenvalue weighted by Crippen LogP contribution is -2.20. The second-order valence-electron chi connectivity index (χ2n) is 8.61. The van der Waals surface area contributed by atoms with Crippen molar-refractivity contribution in [2.24, 2.45) is 5.41 Å². The van der Waals surface area contributed by atoms with E-state index in [2.05, 4.69) is 27.7 Å². The normalized spacial score (nSPS) is 16.4. The highest BCUT2D eigenvalue weighted by molar-refractivity contribution is 5.93. The predicted molar refractivity (Wildman–Crippen MR) is 109 cm³/mol. The number of aromatic hydroxyl groups is 1. The largest absolute Gasteiger partial charge is 0.508 e. The van der Waals surface area contributed by atoms with E-state index < -0.39 is 5.97 Å². The summed E-state index contributed by atoms with van der Waals surface area (Å²) in [6, 6.07) is 3.00. The van der Waals surface area contributed by atoms with E-state index in [0.717, 1.165) is 44.9 Å². The van der Waals surface area contributed by atoms with Gasteiger partial charge in [0.1, 0.15) is 23.7 Å². The van der Waals surface area contributed by atoms with E-state index in [-0.39, 0.29) is 17.1 Å². The number of carbonyl (C=O) groups is 1. The number of phenols is 1. The van der Waals surface area contributed by atoms with Gasteiger partial charge in [-0.25, -0.2) is 4.79 Å². The number of allylic oxidation sites excluding steroid dienone is 1. The summed E-state index contributed by atoms with van der Waals surface area (Å²) in [5.41, 5.74) is 3.75. The Morgan fingerprint density at radius 3 is 2.59 bits per heavy atom. The molecule has 0 radical (unpaired) electrons. The second kappa shape index (κ2) is 9.29. The number of benzene rings is 1. The molecule has 4 heteroatoms. The van der Waals surface area contributed by atoms with E-state index in [1.165, 1.54) is 17.2 Å². The number of ether oxygens (including phenoxy) is 1. The lowest BCUT2D eigenvalue weighted by molar-refractivity contribution is 0.0691. The van der Waals surface area contributed by atoms with E-state index >= 15 is 0 Å². The van der Waals surface area contributed by atoms with Crippen molar-refractivity contribution in [1.82, 2.24) is 0 Å². The van der Waals surface area contributed by atoms with Gasteiger partial charge in [-0.05, 0) is 61.6 Å². The Labute approximate surface area is 163 Å². The van der Waals surface area contributed by atoms with Crippen molar-refractivity contribution < 1.29 is 19.7 Å². The van der Waals surface area contributed by atoms with Crippen molar-refractivity contribution in [2.45, 2.75) is 79.1 Å². The molecule has 0 heterocycles. The van der Waals surface area contributed by atoms with Gasteiger partial charge in [-0.15, -0.1) is 0 Å². The Morgan fingerprint density at radius 1 is 1.22 bits per heavy atom. The molecule has 0 aliphatic heterocycles. The predicted octanol–water partition coefficient (Wildman–Crippen LogP) is 6.12. The fraction of sp³-hybridized carbons (Fsp3) is 0.609. The minimum Gasteiger partial charge on any atom is -0.508 e. The number of aromatic carboxylic acids is 1. The zero-order chi connectivity index (χ0) is 20.0. The molecule has 0 bridgehead atoms. The van der Waals surface area contributed by atoms with Crippen LogP contribution in [0.4, 0.5) is 0 Å². The maximum atomic E-state index is 11.9. The minimum absolute atomic E-state index is 0.0657. The smallest absolute Gasteiger partial charge is 0.339 e. The van der Waals surface area contributed by atoms with Crippen molar-refractivity contribution in [2.75, 3.05) is 6.61 Å². The monoisotopic (exact) mass is 374 g/mol. The average molecular weight is 375 g/mol. The van der Waals surface area contributed by atoms with Crippen LogP contribution in [0.25, 0.3) is 0 Å². The zero-order valence-electron chi connectivity index (χ0n) is 17.2. The summed E-state index contributed by atoms with van der Waals surface area (Å²) >= 11 is 0. The van der Waals surface area contributed by atoms with E-state index in [4.69, 9.17) is 4.74 Å². The number of unbranched alkanes of at least 4 members (excludes halogenated alkanes) is 3. The fourth-order valence-corrected chi connectivity index (χ4v) is 3.95. The molecule has 0 saturated heterocycles. The van der Waals surface area contributed by atoms with Crippen molar-refractivity contribution >= 4 is 5.97 Å². The summed E-state index contributed by atoms with van der Waals surface area (Å²) in [7, 11) is 0. The van der Waals surface area contributed by atoms with Gasteiger partial charge in [-0.2, -0.15) is 0 Å². The van der Waals surface area contributed by atoms with Gasteiger partial charge in [-0.3, -0.25) is 0 Å². The minimum atomic E-state index is -0.994. The summed E-state index contributed by atoms with van der Waals surface area (Å²) in [6.07, 6.45) is 8.00. The second-order valence-corrected chi connectivity index (χ2v) is 8.61. The quantitative estimate of drug-likeness (QED) is 0.404. The van der Waals surface area contributed by atoms with Gasteiger partial charge in [-0.1, -0.05) is 45.6 Å². The molecule has 0 spiro atoms. The Hall–Kier alpha value is -1.97. The first-order valence-corrected chi connectivity index (χ1v) is 10.1. The Bertz CT molecular complexity index is 701. The summed E-state index contributed by atoms with van der Waals surface area (Å²) < 4.78 is 5.93. The molecular weight excluding hydrogens is 340 g/mol. The number of carboxylic acid groups (broad SMARTS) is 1. The van der Waals surface area contributed by atoms with Gasteiger partial charge in [0.25, 0.3) is 0 Å². The molecule has 4 nitrogen and oxygen atoms in total. The maximum Gasteiger partial charge on any atom is 0.339 e. The fourth-order valence-electron chi connectivity index (χ4n) is 3.95. The van der Waals surface area contributed by atoms with E-state index in [9.17, 15) is 15.0 Å². The highest BCUT2D eigenvalue weighted by atomic mass is 16.5. The number of aryl methyl sites for hydroxylation is 1. The van der Waals surface area contributed by atoms with Crippen molar-refractivity contribution in [3.05, 3.63) is 34.4 Å². The topological polar surface area (TPSA) is 66.8 Å². The molecule has 1 aliphatic rings. The van der Waals surface area contributed by atoms with Crippen LogP contribution in [0.5, 0.6) is 11.5 Å². The van der Waals surface area contributed by atoms with Gasteiger partial charge in [0.15, 0.2) is 0 Å². The molecule has 0 saturated carbocycles. The third-order valence-electron chi connectivity index (χ3n) is 5.53. The van der Waals surface area contributed by atoms with E-state index in [1.807, 2.05) is 0 Å². The molecule has 1 aliphatic carbocycles. The number of carboxylic acids is 1.